The number of fused-ring (bicyclic) bond motifs is 5. The van der Waals surface area contributed by atoms with Crippen LogP contribution in [0.5, 0.6) is 0 Å². The fraction of sp³-hybridized carbons (Fsp3) is 0.912. The monoisotopic (exact) mass is 498 g/mol. The van der Waals surface area contributed by atoms with Gasteiger partial charge in [0, 0.05) is 12.8 Å². The van der Waals surface area contributed by atoms with Crippen LogP contribution in [0.25, 0.3) is 0 Å². The van der Waals surface area contributed by atoms with Crippen LogP contribution in [0.4, 0.5) is 0 Å². The van der Waals surface area contributed by atoms with Crippen LogP contribution in [-0.4, -0.2) is 17.0 Å². The minimum Gasteiger partial charge on any atom is -0.392 e. The van der Waals surface area contributed by atoms with Crippen molar-refractivity contribution in [2.75, 3.05) is 0 Å². The molecule has 3 fully saturated rings. The zero-order valence-electron chi connectivity index (χ0n) is 24.7. The Morgan fingerprint density at radius 1 is 1.06 bits per heavy atom. The Morgan fingerprint density at radius 2 is 1.83 bits per heavy atom. The van der Waals surface area contributed by atoms with E-state index in [2.05, 4.69) is 47.6 Å². The molecular formula is C34H58O2. The lowest BCUT2D eigenvalue weighted by Gasteiger charge is -2.59. The van der Waals surface area contributed by atoms with Crippen molar-refractivity contribution in [3.8, 4) is 0 Å². The number of aliphatic hydroxyl groups is 1. The molecule has 0 radical (unpaired) electrons. The smallest absolute Gasteiger partial charge is 0.133 e. The predicted molar refractivity (Wildman–Crippen MR) is 152 cm³/mol. The van der Waals surface area contributed by atoms with Crippen LogP contribution in [-0.2, 0) is 4.79 Å². The van der Waals surface area contributed by atoms with Gasteiger partial charge in [0.15, 0.2) is 0 Å². The molecule has 0 amide bonds. The Kier molecular flexibility index (Phi) is 9.17. The maximum atomic E-state index is 12.8. The van der Waals surface area contributed by atoms with E-state index in [0.717, 1.165) is 67.6 Å². The van der Waals surface area contributed by atoms with Gasteiger partial charge in [-0.15, -0.1) is 0 Å². The van der Waals surface area contributed by atoms with Crippen LogP contribution in [0, 0.1) is 52.3 Å². The number of allylic oxidation sites excluding steroid dienone is 1. The first-order chi connectivity index (χ1) is 17.1. The highest BCUT2D eigenvalue weighted by Gasteiger charge is 2.59. The molecule has 0 aromatic carbocycles. The van der Waals surface area contributed by atoms with Crippen molar-refractivity contribution in [3.63, 3.8) is 0 Å². The lowest BCUT2D eigenvalue weighted by Crippen LogP contribution is -2.52. The quantitative estimate of drug-likeness (QED) is 0.228. The van der Waals surface area contributed by atoms with E-state index in [1.807, 2.05) is 0 Å². The fourth-order valence-electron chi connectivity index (χ4n) is 10.0. The standard InChI is InChI=1S/C34H58O2/c1-7-8-9-13-27(35)20-25-22-34(6)26(21-32(25)36)14-15-28-30-17-16-29(24(4)12-10-11-23(2)3)33(30,5)19-18-31(28)34/h14,23-25,28-32,36H,7-13,15-22H2,1-6H3/t24-,25?,28+,29-,30+,31+,32-,33-,34+/m1/s1. The molecule has 1 N–H and O–H groups in total. The van der Waals surface area contributed by atoms with E-state index in [1.165, 1.54) is 56.9 Å². The average molecular weight is 499 g/mol. The molecule has 2 heteroatoms. The van der Waals surface area contributed by atoms with E-state index >= 15 is 0 Å². The number of hydrogen-bond donors (Lipinski definition) is 1. The van der Waals surface area contributed by atoms with Gasteiger partial charge in [0.25, 0.3) is 0 Å². The van der Waals surface area contributed by atoms with E-state index < -0.39 is 0 Å². The summed E-state index contributed by atoms with van der Waals surface area (Å²) in [7, 11) is 0. The minimum atomic E-state index is -0.326. The highest BCUT2D eigenvalue weighted by molar-refractivity contribution is 5.78. The van der Waals surface area contributed by atoms with E-state index in [0.29, 0.717) is 24.0 Å². The van der Waals surface area contributed by atoms with Crippen LogP contribution in [0.3, 0.4) is 0 Å². The number of hydrogen-bond acceptors (Lipinski definition) is 2. The van der Waals surface area contributed by atoms with Gasteiger partial charge in [-0.2, -0.15) is 0 Å². The number of Topliss-reactive ketones (excluding diaryl/α,β-unsaturated/α-hetero) is 1. The molecule has 3 saturated carbocycles. The number of aliphatic hydroxyl groups excluding tert-OH is 1. The third kappa shape index (κ3) is 5.55. The average Bonchev–Trinajstić information content (AvgIpc) is 3.17. The largest absolute Gasteiger partial charge is 0.392 e. The molecule has 0 aromatic heterocycles. The molecule has 0 saturated heterocycles. The van der Waals surface area contributed by atoms with Crippen LogP contribution in [0.2, 0.25) is 0 Å². The normalized spacial score (nSPS) is 40.8. The van der Waals surface area contributed by atoms with E-state index in [4.69, 9.17) is 0 Å². The van der Waals surface area contributed by atoms with Crippen molar-refractivity contribution in [1.29, 1.82) is 0 Å². The molecule has 36 heavy (non-hydrogen) atoms. The van der Waals surface area contributed by atoms with Gasteiger partial charge < -0.3 is 5.11 Å². The second-order valence-electron chi connectivity index (χ2n) is 14.7. The Bertz CT molecular complexity index is 782. The van der Waals surface area contributed by atoms with Crippen LogP contribution < -0.4 is 0 Å². The van der Waals surface area contributed by atoms with Gasteiger partial charge in [-0.3, -0.25) is 4.79 Å². The molecule has 0 bridgehead atoms. The summed E-state index contributed by atoms with van der Waals surface area (Å²) in [6.07, 6.45) is 19.7. The topological polar surface area (TPSA) is 37.3 Å². The third-order valence-corrected chi connectivity index (χ3v) is 12.0. The summed E-state index contributed by atoms with van der Waals surface area (Å²) in [4.78, 5) is 12.8. The predicted octanol–water partition coefficient (Wildman–Crippen LogP) is 9.15. The van der Waals surface area contributed by atoms with Crippen LogP contribution in [0.1, 0.15) is 138 Å². The lowest BCUT2D eigenvalue weighted by molar-refractivity contribution is -0.122. The fourth-order valence-corrected chi connectivity index (χ4v) is 10.0. The van der Waals surface area contributed by atoms with Gasteiger partial charge in [0.05, 0.1) is 6.10 Å². The Labute approximate surface area is 223 Å². The Hall–Kier alpha value is -0.630. The molecule has 4 aliphatic rings. The van der Waals surface area contributed by atoms with Gasteiger partial charge in [-0.25, -0.2) is 0 Å². The van der Waals surface area contributed by atoms with Gasteiger partial charge in [0.2, 0.25) is 0 Å². The molecule has 0 aliphatic heterocycles. The van der Waals surface area contributed by atoms with Gasteiger partial charge in [-0.05, 0) is 104 Å². The second-order valence-corrected chi connectivity index (χ2v) is 14.7. The highest BCUT2D eigenvalue weighted by Crippen LogP contribution is 2.67. The first-order valence-electron chi connectivity index (χ1n) is 16.0. The molecule has 9 atom stereocenters. The minimum absolute atomic E-state index is 0.158. The maximum absolute atomic E-state index is 12.8. The summed E-state index contributed by atoms with van der Waals surface area (Å²) in [5.41, 5.74) is 2.24. The van der Waals surface area contributed by atoms with Gasteiger partial charge >= 0.3 is 0 Å². The first-order valence-corrected chi connectivity index (χ1v) is 16.0. The van der Waals surface area contributed by atoms with Crippen LogP contribution in [0.15, 0.2) is 11.6 Å². The van der Waals surface area contributed by atoms with Crippen LogP contribution >= 0.6 is 0 Å². The van der Waals surface area contributed by atoms with E-state index in [1.54, 1.807) is 0 Å². The van der Waals surface area contributed by atoms with Gasteiger partial charge in [0.1, 0.15) is 5.78 Å². The zero-order valence-corrected chi connectivity index (χ0v) is 24.7. The van der Waals surface area contributed by atoms with Gasteiger partial charge in [-0.1, -0.05) is 85.3 Å². The summed E-state index contributed by atoms with van der Waals surface area (Å²) < 4.78 is 0. The lowest BCUT2D eigenvalue weighted by atomic mass is 9.46. The first kappa shape index (κ1) is 28.4. The highest BCUT2D eigenvalue weighted by atomic mass is 16.3. The van der Waals surface area contributed by atoms with Crippen molar-refractivity contribution in [2.45, 2.75) is 144 Å². The molecule has 2 nitrogen and oxygen atoms in total. The SMILES string of the molecule is CCCCCC(=O)CC1C[C@@]2(C)C(=CC[C@H]3[C@@H]4CC[C@H]([C@H](C)CCCC(C)C)[C@@]4(C)CC[C@@H]32)C[C@H]1O. The molecule has 4 rings (SSSR count). The summed E-state index contributed by atoms with van der Waals surface area (Å²) in [5.74, 6) is 5.54. The van der Waals surface area contributed by atoms with Crippen molar-refractivity contribution < 1.29 is 9.90 Å². The van der Waals surface area contributed by atoms with Crippen molar-refractivity contribution in [3.05, 3.63) is 11.6 Å². The zero-order chi connectivity index (χ0) is 26.1. The number of rotatable bonds is 11. The Balaban J connectivity index is 1.45. The number of unbranched alkanes of at least 4 members (excludes halogenated alkanes) is 2. The summed E-state index contributed by atoms with van der Waals surface area (Å²) in [5, 5.41) is 11.0. The number of carbonyl (C=O) groups excluding carboxylic acids is 1. The summed E-state index contributed by atoms with van der Waals surface area (Å²) in [6, 6.07) is 0. The van der Waals surface area contributed by atoms with Crippen molar-refractivity contribution >= 4 is 5.78 Å². The molecular weight excluding hydrogens is 440 g/mol. The maximum Gasteiger partial charge on any atom is 0.133 e. The number of carbonyl (C=O) groups is 1. The molecule has 0 heterocycles. The summed E-state index contributed by atoms with van der Waals surface area (Å²) >= 11 is 0. The molecule has 0 aromatic rings. The number of ketones is 1. The van der Waals surface area contributed by atoms with Crippen molar-refractivity contribution in [1.82, 2.24) is 0 Å². The second kappa shape index (κ2) is 11.6. The summed E-state index contributed by atoms with van der Waals surface area (Å²) in [6.45, 7) is 14.7. The molecule has 0 spiro atoms. The Morgan fingerprint density at radius 3 is 2.56 bits per heavy atom. The van der Waals surface area contributed by atoms with E-state index in [-0.39, 0.29) is 17.4 Å². The molecule has 206 valence electrons. The third-order valence-electron chi connectivity index (χ3n) is 12.0. The molecule has 1 unspecified atom stereocenters. The van der Waals surface area contributed by atoms with E-state index in [9.17, 15) is 9.90 Å². The van der Waals surface area contributed by atoms with Crippen molar-refractivity contribution in [2.24, 2.45) is 52.3 Å². The molecule has 4 aliphatic carbocycles.